The Hall–Kier alpha value is -0.340. The van der Waals surface area contributed by atoms with Crippen LogP contribution in [0.3, 0.4) is 0 Å². The first kappa shape index (κ1) is 11.7. The van der Waals surface area contributed by atoms with Crippen LogP contribution in [0.1, 0.15) is 38.5 Å². The van der Waals surface area contributed by atoms with Crippen molar-refractivity contribution in [3.63, 3.8) is 0 Å². The second-order valence-corrected chi connectivity index (χ2v) is 3.98. The highest BCUT2D eigenvalue weighted by Crippen LogP contribution is 2.18. The number of allylic oxidation sites excluding steroid dienone is 1. The molecule has 0 amide bonds. The summed E-state index contributed by atoms with van der Waals surface area (Å²) in [7, 11) is 0. The molecular formula is C12H23NO. The third-order valence-electron chi connectivity index (χ3n) is 2.42. The number of rotatable bonds is 10. The molecule has 0 radical (unpaired) electrons. The fraction of sp³-hybridized carbons (Fsp3) is 0.833. The summed E-state index contributed by atoms with van der Waals surface area (Å²) in [6.45, 7) is 6.66. The van der Waals surface area contributed by atoms with Crippen LogP contribution in [-0.4, -0.2) is 25.8 Å². The molecule has 0 heterocycles. The number of hydrogen-bond acceptors (Lipinski definition) is 2. The Morgan fingerprint density at radius 3 is 2.71 bits per heavy atom. The smallest absolute Gasteiger partial charge is 0.0468 e. The molecular weight excluding hydrogens is 174 g/mol. The van der Waals surface area contributed by atoms with Gasteiger partial charge in [0.05, 0.1) is 0 Å². The zero-order valence-electron chi connectivity index (χ0n) is 9.13. The van der Waals surface area contributed by atoms with E-state index < -0.39 is 0 Å². The van der Waals surface area contributed by atoms with Crippen molar-refractivity contribution < 1.29 is 4.74 Å². The largest absolute Gasteiger partial charge is 0.381 e. The van der Waals surface area contributed by atoms with E-state index in [4.69, 9.17) is 4.74 Å². The molecule has 1 N–H and O–H groups in total. The van der Waals surface area contributed by atoms with Crippen molar-refractivity contribution in [3.05, 3.63) is 12.7 Å². The minimum atomic E-state index is 0.850. The van der Waals surface area contributed by atoms with Crippen molar-refractivity contribution in [2.45, 2.75) is 44.6 Å². The van der Waals surface area contributed by atoms with E-state index in [1.54, 1.807) is 0 Å². The van der Waals surface area contributed by atoms with E-state index in [0.717, 1.165) is 32.1 Å². The SMILES string of the molecule is C=CCCCOCCCCNC1CC1. The lowest BCUT2D eigenvalue weighted by Gasteiger charge is -2.04. The lowest BCUT2D eigenvalue weighted by molar-refractivity contribution is 0.128. The molecule has 1 fully saturated rings. The predicted octanol–water partition coefficient (Wildman–Crippen LogP) is 2.50. The Morgan fingerprint density at radius 1 is 1.21 bits per heavy atom. The highest BCUT2D eigenvalue weighted by Gasteiger charge is 2.19. The molecule has 1 saturated carbocycles. The molecule has 0 spiro atoms. The van der Waals surface area contributed by atoms with Crippen molar-refractivity contribution >= 4 is 0 Å². The lowest BCUT2D eigenvalue weighted by Crippen LogP contribution is -2.17. The molecule has 14 heavy (non-hydrogen) atoms. The molecule has 82 valence electrons. The van der Waals surface area contributed by atoms with Crippen molar-refractivity contribution in [3.8, 4) is 0 Å². The van der Waals surface area contributed by atoms with Gasteiger partial charge in [0, 0.05) is 19.3 Å². The first-order chi connectivity index (χ1) is 6.93. The summed E-state index contributed by atoms with van der Waals surface area (Å²) in [5.41, 5.74) is 0. The van der Waals surface area contributed by atoms with E-state index in [2.05, 4.69) is 11.9 Å². The van der Waals surface area contributed by atoms with Gasteiger partial charge in [-0.05, 0) is 45.1 Å². The van der Waals surface area contributed by atoms with Crippen LogP contribution in [0.5, 0.6) is 0 Å². The van der Waals surface area contributed by atoms with Gasteiger partial charge in [-0.15, -0.1) is 6.58 Å². The minimum absolute atomic E-state index is 0.850. The molecule has 0 atom stereocenters. The third-order valence-corrected chi connectivity index (χ3v) is 2.42. The van der Waals surface area contributed by atoms with Gasteiger partial charge >= 0.3 is 0 Å². The summed E-state index contributed by atoms with van der Waals surface area (Å²) >= 11 is 0. The van der Waals surface area contributed by atoms with E-state index in [9.17, 15) is 0 Å². The maximum absolute atomic E-state index is 5.48. The highest BCUT2D eigenvalue weighted by atomic mass is 16.5. The van der Waals surface area contributed by atoms with Gasteiger partial charge in [0.1, 0.15) is 0 Å². The maximum atomic E-state index is 5.48. The molecule has 0 aromatic heterocycles. The fourth-order valence-electron chi connectivity index (χ4n) is 1.35. The van der Waals surface area contributed by atoms with Crippen molar-refractivity contribution in [2.75, 3.05) is 19.8 Å². The van der Waals surface area contributed by atoms with Gasteiger partial charge in [-0.1, -0.05) is 6.08 Å². The summed E-state index contributed by atoms with van der Waals surface area (Å²) in [6.07, 6.45) is 9.35. The van der Waals surface area contributed by atoms with E-state index >= 15 is 0 Å². The molecule has 0 aromatic carbocycles. The van der Waals surface area contributed by atoms with Gasteiger partial charge in [0.25, 0.3) is 0 Å². The van der Waals surface area contributed by atoms with Gasteiger partial charge in [-0.3, -0.25) is 0 Å². The van der Waals surface area contributed by atoms with Gasteiger partial charge in [-0.2, -0.15) is 0 Å². The fourth-order valence-corrected chi connectivity index (χ4v) is 1.35. The van der Waals surface area contributed by atoms with Crippen molar-refractivity contribution in [1.82, 2.24) is 5.32 Å². The van der Waals surface area contributed by atoms with Gasteiger partial charge in [-0.25, -0.2) is 0 Å². The van der Waals surface area contributed by atoms with E-state index in [1.165, 1.54) is 32.2 Å². The molecule has 0 aliphatic heterocycles. The molecule has 1 aliphatic rings. The molecule has 1 rings (SSSR count). The number of hydrogen-bond donors (Lipinski definition) is 1. The minimum Gasteiger partial charge on any atom is -0.381 e. The number of nitrogens with one attached hydrogen (secondary N) is 1. The van der Waals surface area contributed by atoms with Crippen molar-refractivity contribution in [2.24, 2.45) is 0 Å². The molecule has 0 unspecified atom stereocenters. The molecule has 2 nitrogen and oxygen atoms in total. The molecule has 0 bridgehead atoms. The first-order valence-corrected chi connectivity index (χ1v) is 5.85. The predicted molar refractivity (Wildman–Crippen MR) is 60.5 cm³/mol. The lowest BCUT2D eigenvalue weighted by atomic mass is 10.3. The highest BCUT2D eigenvalue weighted by molar-refractivity contribution is 4.80. The topological polar surface area (TPSA) is 21.3 Å². The van der Waals surface area contributed by atoms with Gasteiger partial charge in [0.15, 0.2) is 0 Å². The van der Waals surface area contributed by atoms with Crippen LogP contribution >= 0.6 is 0 Å². The van der Waals surface area contributed by atoms with Crippen LogP contribution in [0.2, 0.25) is 0 Å². The van der Waals surface area contributed by atoms with Crippen LogP contribution in [0, 0.1) is 0 Å². The monoisotopic (exact) mass is 197 g/mol. The third kappa shape index (κ3) is 7.10. The second kappa shape index (κ2) is 8.01. The Balaban J connectivity index is 1.64. The van der Waals surface area contributed by atoms with Crippen LogP contribution in [0.25, 0.3) is 0 Å². The summed E-state index contributed by atoms with van der Waals surface area (Å²) in [5, 5.41) is 3.50. The average molecular weight is 197 g/mol. The average Bonchev–Trinajstić information content (AvgIpc) is 2.99. The zero-order chi connectivity index (χ0) is 10.1. The first-order valence-electron chi connectivity index (χ1n) is 5.85. The Morgan fingerprint density at radius 2 is 2.00 bits per heavy atom. The quantitative estimate of drug-likeness (QED) is 0.429. The van der Waals surface area contributed by atoms with E-state index in [1.807, 2.05) is 6.08 Å². The van der Waals surface area contributed by atoms with Crippen LogP contribution in [0.15, 0.2) is 12.7 Å². The summed E-state index contributed by atoms with van der Waals surface area (Å²) in [4.78, 5) is 0. The molecule has 1 aliphatic carbocycles. The summed E-state index contributed by atoms with van der Waals surface area (Å²) < 4.78 is 5.48. The molecule has 2 heteroatoms. The van der Waals surface area contributed by atoms with Crippen LogP contribution < -0.4 is 5.32 Å². The summed E-state index contributed by atoms with van der Waals surface area (Å²) in [5.74, 6) is 0. The second-order valence-electron chi connectivity index (χ2n) is 3.98. The Labute approximate surface area is 87.7 Å². The molecule has 0 aromatic rings. The van der Waals surface area contributed by atoms with E-state index in [-0.39, 0.29) is 0 Å². The Bertz CT molecular complexity index is 143. The van der Waals surface area contributed by atoms with Crippen molar-refractivity contribution in [1.29, 1.82) is 0 Å². The van der Waals surface area contributed by atoms with Gasteiger partial charge < -0.3 is 10.1 Å². The van der Waals surface area contributed by atoms with Crippen LogP contribution in [0.4, 0.5) is 0 Å². The molecule has 0 saturated heterocycles. The normalized spacial score (nSPS) is 15.7. The number of ether oxygens (including phenoxy) is 1. The zero-order valence-corrected chi connectivity index (χ0v) is 9.13. The standard InChI is InChI=1S/C12H23NO/c1-2-3-5-10-14-11-6-4-9-13-12-7-8-12/h2,12-13H,1,3-11H2. The van der Waals surface area contributed by atoms with E-state index in [0.29, 0.717) is 0 Å². The van der Waals surface area contributed by atoms with Gasteiger partial charge in [0.2, 0.25) is 0 Å². The summed E-state index contributed by atoms with van der Waals surface area (Å²) in [6, 6.07) is 0.850. The number of unbranched alkanes of at least 4 members (excludes halogenated alkanes) is 2. The van der Waals surface area contributed by atoms with Crippen LogP contribution in [-0.2, 0) is 4.74 Å². The Kier molecular flexibility index (Phi) is 6.71. The maximum Gasteiger partial charge on any atom is 0.0468 e.